The average molecular weight is 344 g/mol. The lowest BCUT2D eigenvalue weighted by molar-refractivity contribution is -0.115. The SMILES string of the molecule is O=C(Cc1ccccc1Br)Nc1ccc(F)c(F)c1F. The zero-order chi connectivity index (χ0) is 14.7. The molecule has 104 valence electrons. The molecule has 2 aromatic rings. The smallest absolute Gasteiger partial charge is 0.228 e. The maximum atomic E-state index is 13.4. The van der Waals surface area contributed by atoms with E-state index in [4.69, 9.17) is 0 Å². The van der Waals surface area contributed by atoms with E-state index in [1.807, 2.05) is 0 Å². The lowest BCUT2D eigenvalue weighted by Gasteiger charge is -2.08. The Morgan fingerprint density at radius 3 is 2.45 bits per heavy atom. The number of rotatable bonds is 3. The second-order valence-electron chi connectivity index (χ2n) is 4.04. The Balaban J connectivity index is 2.13. The fraction of sp³-hybridized carbons (Fsp3) is 0.0714. The van der Waals surface area contributed by atoms with Crippen molar-refractivity contribution in [1.82, 2.24) is 0 Å². The Morgan fingerprint density at radius 2 is 1.75 bits per heavy atom. The molecule has 2 rings (SSSR count). The highest BCUT2D eigenvalue weighted by molar-refractivity contribution is 9.10. The van der Waals surface area contributed by atoms with Crippen molar-refractivity contribution in [3.63, 3.8) is 0 Å². The summed E-state index contributed by atoms with van der Waals surface area (Å²) >= 11 is 3.28. The van der Waals surface area contributed by atoms with Gasteiger partial charge < -0.3 is 5.32 Å². The second kappa shape index (κ2) is 6.09. The summed E-state index contributed by atoms with van der Waals surface area (Å²) in [5.41, 5.74) is 0.314. The van der Waals surface area contributed by atoms with E-state index >= 15 is 0 Å². The van der Waals surface area contributed by atoms with Gasteiger partial charge >= 0.3 is 0 Å². The largest absolute Gasteiger partial charge is 0.323 e. The molecule has 0 fully saturated rings. The Bertz CT molecular complexity index is 661. The van der Waals surface area contributed by atoms with Gasteiger partial charge in [-0.05, 0) is 23.8 Å². The first-order chi connectivity index (χ1) is 9.49. The number of amides is 1. The van der Waals surface area contributed by atoms with Crippen molar-refractivity contribution in [2.75, 3.05) is 5.32 Å². The van der Waals surface area contributed by atoms with E-state index < -0.39 is 23.4 Å². The van der Waals surface area contributed by atoms with E-state index in [1.165, 1.54) is 0 Å². The predicted octanol–water partition coefficient (Wildman–Crippen LogP) is 4.05. The van der Waals surface area contributed by atoms with Gasteiger partial charge in [0, 0.05) is 4.47 Å². The highest BCUT2D eigenvalue weighted by Gasteiger charge is 2.15. The van der Waals surface area contributed by atoms with Crippen LogP contribution in [0.3, 0.4) is 0 Å². The molecule has 0 saturated carbocycles. The molecule has 2 nitrogen and oxygen atoms in total. The summed E-state index contributed by atoms with van der Waals surface area (Å²) in [6.07, 6.45) is -0.0140. The van der Waals surface area contributed by atoms with Crippen LogP contribution in [-0.4, -0.2) is 5.91 Å². The number of hydrogen-bond acceptors (Lipinski definition) is 1. The minimum absolute atomic E-state index is 0.0140. The van der Waals surface area contributed by atoms with Gasteiger partial charge in [0.2, 0.25) is 5.91 Å². The average Bonchev–Trinajstić information content (AvgIpc) is 2.42. The maximum absolute atomic E-state index is 13.4. The van der Waals surface area contributed by atoms with Crippen molar-refractivity contribution in [2.24, 2.45) is 0 Å². The van der Waals surface area contributed by atoms with Crippen LogP contribution in [0.25, 0.3) is 0 Å². The molecular weight excluding hydrogens is 335 g/mol. The predicted molar refractivity (Wildman–Crippen MR) is 72.8 cm³/mol. The number of nitrogens with one attached hydrogen (secondary N) is 1. The molecule has 20 heavy (non-hydrogen) atoms. The third-order valence-corrected chi connectivity index (χ3v) is 3.39. The van der Waals surface area contributed by atoms with E-state index in [0.29, 0.717) is 5.56 Å². The van der Waals surface area contributed by atoms with Crippen molar-refractivity contribution in [2.45, 2.75) is 6.42 Å². The Kier molecular flexibility index (Phi) is 4.44. The van der Waals surface area contributed by atoms with Crippen LogP contribution in [0.4, 0.5) is 18.9 Å². The summed E-state index contributed by atoms with van der Waals surface area (Å²) in [4.78, 5) is 11.8. The maximum Gasteiger partial charge on any atom is 0.228 e. The molecule has 0 bridgehead atoms. The lowest BCUT2D eigenvalue weighted by Crippen LogP contribution is -2.16. The van der Waals surface area contributed by atoms with Crippen molar-refractivity contribution in [1.29, 1.82) is 0 Å². The molecule has 0 aliphatic heterocycles. The monoisotopic (exact) mass is 343 g/mol. The Labute approximate surface area is 121 Å². The first-order valence-corrected chi connectivity index (χ1v) is 6.45. The van der Waals surface area contributed by atoms with E-state index in [-0.39, 0.29) is 12.1 Å². The normalized spacial score (nSPS) is 10.4. The number of carbonyl (C=O) groups excluding carboxylic acids is 1. The molecule has 0 unspecified atom stereocenters. The van der Waals surface area contributed by atoms with Gasteiger partial charge in [-0.1, -0.05) is 34.1 Å². The van der Waals surface area contributed by atoms with E-state index in [0.717, 1.165) is 16.6 Å². The standard InChI is InChI=1S/C14H9BrF3NO/c15-9-4-2-1-3-8(9)7-12(20)19-11-6-5-10(16)13(17)14(11)18/h1-6H,7H2,(H,19,20). The van der Waals surface area contributed by atoms with Gasteiger partial charge in [0.05, 0.1) is 12.1 Å². The summed E-state index contributed by atoms with van der Waals surface area (Å²) in [7, 11) is 0. The molecule has 0 spiro atoms. The molecule has 0 heterocycles. The number of halogens is 4. The van der Waals surface area contributed by atoms with Crippen LogP contribution in [0.2, 0.25) is 0 Å². The zero-order valence-corrected chi connectivity index (χ0v) is 11.7. The third kappa shape index (κ3) is 3.19. The first-order valence-electron chi connectivity index (χ1n) is 5.66. The Hall–Kier alpha value is -1.82. The molecule has 0 aromatic heterocycles. The quantitative estimate of drug-likeness (QED) is 0.837. The van der Waals surface area contributed by atoms with Crippen molar-refractivity contribution in [3.05, 3.63) is 63.9 Å². The van der Waals surface area contributed by atoms with E-state index in [1.54, 1.807) is 24.3 Å². The molecule has 2 aromatic carbocycles. The summed E-state index contributed by atoms with van der Waals surface area (Å²) in [6.45, 7) is 0. The minimum atomic E-state index is -1.61. The van der Waals surface area contributed by atoms with Crippen LogP contribution in [0.15, 0.2) is 40.9 Å². The number of anilines is 1. The van der Waals surface area contributed by atoms with E-state index in [9.17, 15) is 18.0 Å². The Morgan fingerprint density at radius 1 is 1.05 bits per heavy atom. The molecular formula is C14H9BrF3NO. The fourth-order valence-corrected chi connectivity index (χ4v) is 2.06. The fourth-order valence-electron chi connectivity index (χ4n) is 1.63. The zero-order valence-electron chi connectivity index (χ0n) is 10.1. The van der Waals surface area contributed by atoms with Crippen LogP contribution < -0.4 is 5.32 Å². The van der Waals surface area contributed by atoms with Crippen LogP contribution >= 0.6 is 15.9 Å². The molecule has 1 amide bonds. The number of benzene rings is 2. The van der Waals surface area contributed by atoms with Gasteiger partial charge in [0.15, 0.2) is 17.5 Å². The van der Waals surface area contributed by atoms with Crippen LogP contribution in [0.1, 0.15) is 5.56 Å². The molecule has 0 atom stereocenters. The van der Waals surface area contributed by atoms with Crippen LogP contribution in [0.5, 0.6) is 0 Å². The van der Waals surface area contributed by atoms with Gasteiger partial charge in [-0.2, -0.15) is 0 Å². The summed E-state index contributed by atoms with van der Waals surface area (Å²) < 4.78 is 39.9. The van der Waals surface area contributed by atoms with Gasteiger partial charge in [-0.15, -0.1) is 0 Å². The highest BCUT2D eigenvalue weighted by atomic mass is 79.9. The third-order valence-electron chi connectivity index (χ3n) is 2.62. The number of hydrogen-bond donors (Lipinski definition) is 1. The van der Waals surface area contributed by atoms with Crippen molar-refractivity contribution < 1.29 is 18.0 Å². The van der Waals surface area contributed by atoms with Crippen molar-refractivity contribution >= 4 is 27.5 Å². The summed E-state index contributed by atoms with van der Waals surface area (Å²) in [5.74, 6) is -4.85. The topological polar surface area (TPSA) is 29.1 Å². The van der Waals surface area contributed by atoms with Crippen LogP contribution in [-0.2, 0) is 11.2 Å². The molecule has 6 heteroatoms. The molecule has 0 radical (unpaired) electrons. The van der Waals surface area contributed by atoms with Gasteiger partial charge in [-0.3, -0.25) is 4.79 Å². The number of carbonyl (C=O) groups is 1. The molecule has 0 aliphatic carbocycles. The van der Waals surface area contributed by atoms with Gasteiger partial charge in [-0.25, -0.2) is 13.2 Å². The lowest BCUT2D eigenvalue weighted by atomic mass is 10.1. The van der Waals surface area contributed by atoms with Crippen LogP contribution in [0, 0.1) is 17.5 Å². The van der Waals surface area contributed by atoms with Crippen molar-refractivity contribution in [3.8, 4) is 0 Å². The second-order valence-corrected chi connectivity index (χ2v) is 4.89. The van der Waals surface area contributed by atoms with E-state index in [2.05, 4.69) is 21.2 Å². The minimum Gasteiger partial charge on any atom is -0.323 e. The summed E-state index contributed by atoms with van der Waals surface area (Å²) in [5, 5.41) is 2.21. The molecule has 1 N–H and O–H groups in total. The highest BCUT2D eigenvalue weighted by Crippen LogP contribution is 2.21. The summed E-state index contributed by atoms with van der Waals surface area (Å²) in [6, 6.07) is 8.77. The van der Waals surface area contributed by atoms with Gasteiger partial charge in [0.25, 0.3) is 0 Å². The first kappa shape index (κ1) is 14.6. The van der Waals surface area contributed by atoms with Gasteiger partial charge in [0.1, 0.15) is 0 Å². The molecule has 0 aliphatic rings. The molecule has 0 saturated heterocycles.